The molecule has 1 atom stereocenters. The first-order valence-electron chi connectivity index (χ1n) is 4.26. The van der Waals surface area contributed by atoms with Crippen molar-refractivity contribution in [2.75, 3.05) is 26.5 Å². The Morgan fingerprint density at radius 1 is 1.43 bits per heavy atom. The lowest BCUT2D eigenvalue weighted by Gasteiger charge is -2.17. The lowest BCUT2D eigenvalue weighted by atomic mass is 10.3. The Kier molecular flexibility index (Phi) is 6.23. The van der Waals surface area contributed by atoms with Crippen molar-refractivity contribution in [3.05, 3.63) is 0 Å². The summed E-state index contributed by atoms with van der Waals surface area (Å²) in [5.41, 5.74) is 0. The second-order valence-electron chi connectivity index (χ2n) is 3.32. The fraction of sp³-hybridized carbons (Fsp3) is 0.750. The number of rotatable bonds is 4. The normalized spacial score (nSPS) is 12.4. The predicted molar refractivity (Wildman–Crippen MR) is 55.4 cm³/mol. The van der Waals surface area contributed by atoms with Gasteiger partial charge < -0.3 is 10.2 Å². The smallest absolute Gasteiger partial charge is 0.321 e. The Labute approximate surface area is 88.8 Å². The van der Waals surface area contributed by atoms with Crippen LogP contribution in [0.15, 0.2) is 0 Å². The van der Waals surface area contributed by atoms with Gasteiger partial charge in [0.2, 0.25) is 5.91 Å². The van der Waals surface area contributed by atoms with E-state index in [1.807, 2.05) is 25.9 Å². The van der Waals surface area contributed by atoms with Crippen molar-refractivity contribution in [2.24, 2.45) is 0 Å². The van der Waals surface area contributed by atoms with Gasteiger partial charge in [-0.05, 0) is 21.0 Å². The second-order valence-corrected chi connectivity index (χ2v) is 3.59. The molecule has 5 nitrogen and oxygen atoms in total. The Balaban J connectivity index is 3.76. The molecule has 0 saturated heterocycles. The molecule has 2 N–H and O–H groups in total. The van der Waals surface area contributed by atoms with Gasteiger partial charge in [0.05, 0.1) is 0 Å². The third kappa shape index (κ3) is 6.68. The molecule has 0 radical (unpaired) electrons. The van der Waals surface area contributed by atoms with Gasteiger partial charge in [0.15, 0.2) is 0 Å². The SMILES string of the molecule is CC(CN(C)C)NC(=O)NC(=O)CCl. The van der Waals surface area contributed by atoms with E-state index in [0.717, 1.165) is 0 Å². The van der Waals surface area contributed by atoms with E-state index >= 15 is 0 Å². The van der Waals surface area contributed by atoms with Crippen molar-refractivity contribution in [3.8, 4) is 0 Å². The first kappa shape index (κ1) is 13.2. The number of nitrogens with one attached hydrogen (secondary N) is 2. The van der Waals surface area contributed by atoms with Crippen molar-refractivity contribution in [2.45, 2.75) is 13.0 Å². The third-order valence-electron chi connectivity index (χ3n) is 1.39. The van der Waals surface area contributed by atoms with Crippen molar-refractivity contribution >= 4 is 23.5 Å². The molecule has 0 aromatic heterocycles. The minimum Gasteiger partial charge on any atom is -0.334 e. The number of amides is 3. The van der Waals surface area contributed by atoms with Gasteiger partial charge in [0, 0.05) is 12.6 Å². The first-order chi connectivity index (χ1) is 6.45. The van der Waals surface area contributed by atoms with Gasteiger partial charge in [0.1, 0.15) is 5.88 Å². The summed E-state index contributed by atoms with van der Waals surface area (Å²) in [5.74, 6) is -0.712. The zero-order valence-corrected chi connectivity index (χ0v) is 9.39. The molecule has 0 bridgehead atoms. The molecule has 3 amide bonds. The number of carbonyl (C=O) groups is 2. The van der Waals surface area contributed by atoms with Gasteiger partial charge in [-0.15, -0.1) is 11.6 Å². The summed E-state index contributed by atoms with van der Waals surface area (Å²) in [6.07, 6.45) is 0. The molecule has 0 aliphatic rings. The summed E-state index contributed by atoms with van der Waals surface area (Å²) >= 11 is 5.22. The highest BCUT2D eigenvalue weighted by Gasteiger charge is 2.09. The molecule has 0 aromatic carbocycles. The van der Waals surface area contributed by atoms with Gasteiger partial charge in [-0.25, -0.2) is 4.79 Å². The Hall–Kier alpha value is -0.810. The monoisotopic (exact) mass is 221 g/mol. The van der Waals surface area contributed by atoms with Crippen LogP contribution in [-0.2, 0) is 4.79 Å². The van der Waals surface area contributed by atoms with Crippen LogP contribution in [0, 0.1) is 0 Å². The maximum atomic E-state index is 11.1. The van der Waals surface area contributed by atoms with E-state index in [1.54, 1.807) is 0 Å². The number of carbonyl (C=O) groups excluding carboxylic acids is 2. The Bertz CT molecular complexity index is 209. The largest absolute Gasteiger partial charge is 0.334 e. The molecule has 0 spiro atoms. The highest BCUT2D eigenvalue weighted by Crippen LogP contribution is 1.84. The number of nitrogens with zero attached hydrogens (tertiary/aromatic N) is 1. The molecular weight excluding hydrogens is 206 g/mol. The van der Waals surface area contributed by atoms with E-state index in [4.69, 9.17) is 11.6 Å². The summed E-state index contributed by atoms with van der Waals surface area (Å²) in [6.45, 7) is 2.56. The number of urea groups is 1. The van der Waals surface area contributed by atoms with Crippen LogP contribution in [0.25, 0.3) is 0 Å². The summed E-state index contributed by atoms with van der Waals surface area (Å²) in [4.78, 5) is 23.7. The number of likely N-dealkylation sites (N-methyl/N-ethyl adjacent to an activating group) is 1. The van der Waals surface area contributed by atoms with Gasteiger partial charge in [0.25, 0.3) is 0 Å². The fourth-order valence-corrected chi connectivity index (χ4v) is 1.08. The van der Waals surface area contributed by atoms with Gasteiger partial charge >= 0.3 is 6.03 Å². The fourth-order valence-electron chi connectivity index (χ4n) is 1.01. The molecule has 0 fully saturated rings. The maximum absolute atomic E-state index is 11.1. The van der Waals surface area contributed by atoms with Crippen LogP contribution >= 0.6 is 11.6 Å². The molecule has 1 unspecified atom stereocenters. The van der Waals surface area contributed by atoms with Crippen LogP contribution in [0.2, 0.25) is 0 Å². The quantitative estimate of drug-likeness (QED) is 0.657. The molecule has 0 aromatic rings. The van der Waals surface area contributed by atoms with Crippen molar-refractivity contribution in [1.82, 2.24) is 15.5 Å². The van der Waals surface area contributed by atoms with Crippen LogP contribution < -0.4 is 10.6 Å². The van der Waals surface area contributed by atoms with E-state index in [1.165, 1.54) is 0 Å². The second kappa shape index (κ2) is 6.62. The van der Waals surface area contributed by atoms with Crippen LogP contribution in [-0.4, -0.2) is 49.4 Å². The van der Waals surface area contributed by atoms with Crippen molar-refractivity contribution in [3.63, 3.8) is 0 Å². The molecule has 0 aliphatic carbocycles. The summed E-state index contributed by atoms with van der Waals surface area (Å²) in [5, 5.41) is 4.70. The van der Waals surface area contributed by atoms with Crippen LogP contribution in [0.1, 0.15) is 6.92 Å². The molecule has 14 heavy (non-hydrogen) atoms. The Morgan fingerprint density at radius 2 is 2.00 bits per heavy atom. The third-order valence-corrected chi connectivity index (χ3v) is 1.63. The van der Waals surface area contributed by atoms with Gasteiger partial charge in [-0.2, -0.15) is 0 Å². The lowest BCUT2D eigenvalue weighted by Crippen LogP contribution is -2.46. The highest BCUT2D eigenvalue weighted by molar-refractivity contribution is 6.28. The minimum absolute atomic E-state index is 0.0203. The number of hydrogen-bond acceptors (Lipinski definition) is 3. The van der Waals surface area contributed by atoms with Gasteiger partial charge in [-0.3, -0.25) is 10.1 Å². The lowest BCUT2D eigenvalue weighted by molar-refractivity contribution is -0.117. The average Bonchev–Trinajstić information content (AvgIpc) is 2.01. The topological polar surface area (TPSA) is 61.4 Å². The zero-order valence-electron chi connectivity index (χ0n) is 8.63. The van der Waals surface area contributed by atoms with Crippen LogP contribution in [0.4, 0.5) is 4.79 Å². The zero-order chi connectivity index (χ0) is 11.1. The van der Waals surface area contributed by atoms with E-state index in [9.17, 15) is 9.59 Å². The molecule has 0 heterocycles. The first-order valence-corrected chi connectivity index (χ1v) is 4.80. The summed E-state index contributed by atoms with van der Waals surface area (Å²) < 4.78 is 0. The summed E-state index contributed by atoms with van der Waals surface area (Å²) in [7, 11) is 3.81. The van der Waals surface area contributed by atoms with Crippen molar-refractivity contribution in [1.29, 1.82) is 0 Å². The van der Waals surface area contributed by atoms with Gasteiger partial charge in [-0.1, -0.05) is 0 Å². The number of alkyl halides is 1. The van der Waals surface area contributed by atoms with Crippen molar-refractivity contribution < 1.29 is 9.59 Å². The van der Waals surface area contributed by atoms with E-state index < -0.39 is 11.9 Å². The highest BCUT2D eigenvalue weighted by atomic mass is 35.5. The molecule has 6 heteroatoms. The van der Waals surface area contributed by atoms with E-state index in [-0.39, 0.29) is 11.9 Å². The average molecular weight is 222 g/mol. The summed E-state index contributed by atoms with van der Waals surface area (Å²) in [6, 6.07) is -0.530. The number of imide groups is 1. The van der Waals surface area contributed by atoms with Crippen LogP contribution in [0.3, 0.4) is 0 Å². The minimum atomic E-state index is -0.509. The molecule has 0 saturated carbocycles. The molecule has 82 valence electrons. The maximum Gasteiger partial charge on any atom is 0.321 e. The van der Waals surface area contributed by atoms with E-state index in [0.29, 0.717) is 6.54 Å². The molecular formula is C8H16ClN3O2. The predicted octanol–water partition coefficient (Wildman–Crippen LogP) is 0.00110. The van der Waals surface area contributed by atoms with Crippen LogP contribution in [0.5, 0.6) is 0 Å². The van der Waals surface area contributed by atoms with E-state index in [2.05, 4.69) is 10.6 Å². The number of halogens is 1. The Morgan fingerprint density at radius 3 is 2.43 bits per heavy atom. The molecule has 0 aliphatic heterocycles. The molecule has 0 rings (SSSR count). The number of hydrogen-bond donors (Lipinski definition) is 2. The standard InChI is InChI=1S/C8H16ClN3O2/c1-6(5-12(2)3)10-8(14)11-7(13)4-9/h6H,4-5H2,1-3H3,(H2,10,11,13,14).